The second-order valence-corrected chi connectivity index (χ2v) is 9.77. The molecule has 1 N–H and O–H groups in total. The fourth-order valence-corrected chi connectivity index (χ4v) is 5.17. The van der Waals surface area contributed by atoms with E-state index in [0.717, 1.165) is 30.0 Å². The molecule has 1 aliphatic carbocycles. The van der Waals surface area contributed by atoms with Gasteiger partial charge in [-0.15, -0.1) is 0 Å². The van der Waals surface area contributed by atoms with Crippen molar-refractivity contribution in [3.8, 4) is 0 Å². The number of carbonyl (C=O) groups is 1. The van der Waals surface area contributed by atoms with E-state index in [1.165, 1.54) is 29.7 Å². The number of benzene rings is 2. The number of rotatable bonds is 5. The predicted molar refractivity (Wildman–Crippen MR) is 123 cm³/mol. The van der Waals surface area contributed by atoms with Crippen LogP contribution in [0.2, 0.25) is 5.02 Å². The average molecular weight is 424 g/mol. The summed E-state index contributed by atoms with van der Waals surface area (Å²) >= 11 is 6.15. The van der Waals surface area contributed by atoms with Gasteiger partial charge in [0.2, 0.25) is 0 Å². The topological polar surface area (TPSA) is 40.5 Å². The van der Waals surface area contributed by atoms with Crippen molar-refractivity contribution in [1.82, 2.24) is 0 Å². The van der Waals surface area contributed by atoms with Gasteiger partial charge >= 0.3 is 5.97 Å². The zero-order valence-electron chi connectivity index (χ0n) is 18.0. The lowest BCUT2D eigenvalue weighted by atomic mass is 9.69. The summed E-state index contributed by atoms with van der Waals surface area (Å²) < 4.78 is 0. The summed E-state index contributed by atoms with van der Waals surface area (Å²) in [5, 5.41) is 10.2. The maximum atomic E-state index is 11.6. The SMILES string of the molecule is CCC(C)(C)C1CCC2=C(CC(c3ccc(Cl)cc3)N2c2cccc(C(=O)O)c2)C1. The Morgan fingerprint density at radius 3 is 2.57 bits per heavy atom. The molecule has 3 nitrogen and oxygen atoms in total. The van der Waals surface area contributed by atoms with Crippen LogP contribution in [0.4, 0.5) is 5.69 Å². The fraction of sp³-hybridized carbons (Fsp3) is 0.423. The van der Waals surface area contributed by atoms with Crippen LogP contribution in [0, 0.1) is 11.3 Å². The standard InChI is InChI=1S/C26H30ClNO2/c1-4-26(2,3)20-10-13-23-19(14-20)16-24(17-8-11-21(27)12-9-17)28(23)22-7-5-6-18(15-22)25(29)30/h5-9,11-12,15,20,24H,4,10,13-14,16H2,1-3H3,(H,29,30). The number of carboxylic acids is 1. The van der Waals surface area contributed by atoms with Crippen LogP contribution >= 0.6 is 11.6 Å². The molecule has 0 saturated carbocycles. The molecule has 0 radical (unpaired) electrons. The molecule has 1 heterocycles. The Morgan fingerprint density at radius 1 is 1.17 bits per heavy atom. The highest BCUT2D eigenvalue weighted by molar-refractivity contribution is 6.30. The van der Waals surface area contributed by atoms with Gasteiger partial charge < -0.3 is 10.0 Å². The third kappa shape index (κ3) is 3.88. The number of allylic oxidation sites excluding steroid dienone is 1. The van der Waals surface area contributed by atoms with Crippen molar-refractivity contribution in [2.24, 2.45) is 11.3 Å². The van der Waals surface area contributed by atoms with E-state index < -0.39 is 5.97 Å². The van der Waals surface area contributed by atoms with Gasteiger partial charge in [0.05, 0.1) is 11.6 Å². The van der Waals surface area contributed by atoms with Gasteiger partial charge in [-0.3, -0.25) is 0 Å². The molecule has 2 aromatic rings. The van der Waals surface area contributed by atoms with Crippen molar-refractivity contribution in [2.75, 3.05) is 4.90 Å². The van der Waals surface area contributed by atoms with E-state index in [1.807, 2.05) is 30.3 Å². The Balaban J connectivity index is 1.75. The minimum absolute atomic E-state index is 0.180. The summed E-state index contributed by atoms with van der Waals surface area (Å²) in [5.74, 6) is -0.195. The van der Waals surface area contributed by atoms with Crippen LogP contribution in [0.25, 0.3) is 0 Å². The minimum atomic E-state index is -0.887. The van der Waals surface area contributed by atoms with Crippen molar-refractivity contribution < 1.29 is 9.90 Å². The molecular formula is C26H30ClNO2. The van der Waals surface area contributed by atoms with Gasteiger partial charge in [0.15, 0.2) is 0 Å². The summed E-state index contributed by atoms with van der Waals surface area (Å²) in [5.41, 5.74) is 5.78. The first-order valence-electron chi connectivity index (χ1n) is 10.9. The van der Waals surface area contributed by atoms with E-state index in [9.17, 15) is 9.90 Å². The van der Waals surface area contributed by atoms with Crippen molar-refractivity contribution in [3.05, 3.63) is 76.0 Å². The van der Waals surface area contributed by atoms with Gasteiger partial charge in [0.25, 0.3) is 0 Å². The number of hydrogen-bond donors (Lipinski definition) is 1. The maximum Gasteiger partial charge on any atom is 0.335 e. The Bertz CT molecular complexity index is 977. The molecule has 4 heteroatoms. The van der Waals surface area contributed by atoms with E-state index in [1.54, 1.807) is 6.07 Å². The molecule has 0 amide bonds. The first-order chi connectivity index (χ1) is 14.3. The van der Waals surface area contributed by atoms with Gasteiger partial charge in [0, 0.05) is 16.4 Å². The molecule has 1 aliphatic heterocycles. The van der Waals surface area contributed by atoms with Crippen molar-refractivity contribution in [2.45, 2.75) is 58.9 Å². The van der Waals surface area contributed by atoms with E-state index in [-0.39, 0.29) is 6.04 Å². The van der Waals surface area contributed by atoms with Gasteiger partial charge in [-0.05, 0) is 78.5 Å². The summed E-state index contributed by atoms with van der Waals surface area (Å²) in [4.78, 5) is 14.0. The van der Waals surface area contributed by atoms with E-state index in [0.29, 0.717) is 16.9 Å². The zero-order valence-corrected chi connectivity index (χ0v) is 18.7. The van der Waals surface area contributed by atoms with E-state index in [2.05, 4.69) is 37.8 Å². The molecule has 0 aromatic heterocycles. The number of halogens is 1. The van der Waals surface area contributed by atoms with E-state index in [4.69, 9.17) is 11.6 Å². The monoisotopic (exact) mass is 423 g/mol. The molecule has 4 rings (SSSR count). The molecule has 0 saturated heterocycles. The van der Waals surface area contributed by atoms with Crippen LogP contribution in [0.15, 0.2) is 59.8 Å². The second kappa shape index (κ2) is 8.11. The number of hydrogen-bond acceptors (Lipinski definition) is 2. The Morgan fingerprint density at radius 2 is 1.90 bits per heavy atom. The third-order valence-electron chi connectivity index (χ3n) is 7.32. The smallest absolute Gasteiger partial charge is 0.335 e. The summed E-state index contributed by atoms with van der Waals surface area (Å²) in [6.07, 6.45) is 5.54. The lowest BCUT2D eigenvalue weighted by Gasteiger charge is -2.38. The molecular weight excluding hydrogens is 394 g/mol. The molecule has 2 aromatic carbocycles. The van der Waals surface area contributed by atoms with Gasteiger partial charge in [-0.1, -0.05) is 57.0 Å². The first kappa shape index (κ1) is 21.0. The highest BCUT2D eigenvalue weighted by atomic mass is 35.5. The van der Waals surface area contributed by atoms with Gasteiger partial charge in [0.1, 0.15) is 0 Å². The minimum Gasteiger partial charge on any atom is -0.478 e. The molecule has 30 heavy (non-hydrogen) atoms. The lowest BCUT2D eigenvalue weighted by Crippen LogP contribution is -2.28. The highest BCUT2D eigenvalue weighted by Crippen LogP contribution is 2.52. The Kier molecular flexibility index (Phi) is 5.67. The first-order valence-corrected chi connectivity index (χ1v) is 11.3. The summed E-state index contributed by atoms with van der Waals surface area (Å²) in [6.45, 7) is 7.07. The molecule has 158 valence electrons. The normalized spacial score (nSPS) is 21.7. The molecule has 0 spiro atoms. The van der Waals surface area contributed by atoms with Crippen LogP contribution in [-0.4, -0.2) is 11.1 Å². The molecule has 2 unspecified atom stereocenters. The molecule has 0 fully saturated rings. The van der Waals surface area contributed by atoms with Gasteiger partial charge in [-0.25, -0.2) is 4.79 Å². The number of aromatic carboxylic acids is 1. The number of carboxylic acid groups (broad SMARTS) is 1. The Labute approximate surface area is 184 Å². The van der Waals surface area contributed by atoms with Crippen LogP contribution in [0.3, 0.4) is 0 Å². The fourth-order valence-electron chi connectivity index (χ4n) is 5.04. The summed E-state index contributed by atoms with van der Waals surface area (Å²) in [6, 6.07) is 15.6. The lowest BCUT2D eigenvalue weighted by molar-refractivity contribution is 0.0697. The highest BCUT2D eigenvalue weighted by Gasteiger charge is 2.40. The zero-order chi connectivity index (χ0) is 21.5. The second-order valence-electron chi connectivity index (χ2n) is 9.33. The van der Waals surface area contributed by atoms with Crippen molar-refractivity contribution >= 4 is 23.3 Å². The van der Waals surface area contributed by atoms with Crippen LogP contribution in [0.5, 0.6) is 0 Å². The van der Waals surface area contributed by atoms with Crippen molar-refractivity contribution in [3.63, 3.8) is 0 Å². The van der Waals surface area contributed by atoms with Crippen LogP contribution in [-0.2, 0) is 0 Å². The van der Waals surface area contributed by atoms with Crippen molar-refractivity contribution in [1.29, 1.82) is 0 Å². The average Bonchev–Trinajstić information content (AvgIpc) is 3.13. The molecule has 2 atom stereocenters. The number of anilines is 1. The molecule has 0 bridgehead atoms. The maximum absolute atomic E-state index is 11.6. The summed E-state index contributed by atoms with van der Waals surface area (Å²) in [7, 11) is 0. The quantitative estimate of drug-likeness (QED) is 0.541. The number of nitrogens with zero attached hydrogens (tertiary/aromatic N) is 1. The van der Waals surface area contributed by atoms with Gasteiger partial charge in [-0.2, -0.15) is 0 Å². The largest absolute Gasteiger partial charge is 0.478 e. The third-order valence-corrected chi connectivity index (χ3v) is 7.57. The van der Waals surface area contributed by atoms with Crippen LogP contribution in [0.1, 0.15) is 74.8 Å². The molecule has 2 aliphatic rings. The van der Waals surface area contributed by atoms with Crippen LogP contribution < -0.4 is 4.90 Å². The van der Waals surface area contributed by atoms with E-state index >= 15 is 0 Å². The predicted octanol–water partition coefficient (Wildman–Crippen LogP) is 7.48. The Hall–Kier alpha value is -2.26.